The predicted molar refractivity (Wildman–Crippen MR) is 66.7 cm³/mol. The molecule has 0 aromatic rings. The highest BCUT2D eigenvalue weighted by Gasteiger charge is 2.21. The van der Waals surface area contributed by atoms with Crippen LogP contribution in [0.4, 0.5) is 4.79 Å². The van der Waals surface area contributed by atoms with Gasteiger partial charge in [0.05, 0.1) is 5.84 Å². The van der Waals surface area contributed by atoms with Crippen molar-refractivity contribution in [2.45, 2.75) is 52.6 Å². The van der Waals surface area contributed by atoms with E-state index in [0.29, 0.717) is 13.0 Å². The first kappa shape index (κ1) is 14.7. The van der Waals surface area contributed by atoms with Crippen molar-refractivity contribution >= 4 is 11.9 Å². The summed E-state index contributed by atoms with van der Waals surface area (Å²) in [5.41, 5.74) is 5.04. The molecule has 2 amide bonds. The Morgan fingerprint density at radius 2 is 1.94 bits per heavy atom. The van der Waals surface area contributed by atoms with Crippen molar-refractivity contribution in [1.29, 1.82) is 5.41 Å². The van der Waals surface area contributed by atoms with E-state index >= 15 is 0 Å². The van der Waals surface area contributed by atoms with Gasteiger partial charge in [0.25, 0.3) is 0 Å². The molecule has 0 heterocycles. The number of amidine groups is 1. The van der Waals surface area contributed by atoms with Crippen LogP contribution in [0, 0.1) is 5.41 Å². The van der Waals surface area contributed by atoms with Gasteiger partial charge < -0.3 is 16.0 Å². The van der Waals surface area contributed by atoms with Gasteiger partial charge in [-0.1, -0.05) is 0 Å². The van der Waals surface area contributed by atoms with Gasteiger partial charge in [-0.2, -0.15) is 0 Å². The summed E-state index contributed by atoms with van der Waals surface area (Å²) in [5, 5.41) is 10.1. The number of nitrogens with zero attached hydrogens (tertiary/aromatic N) is 1. The normalized spacial score (nSPS) is 11.4. The molecule has 0 atom stereocenters. The smallest absolute Gasteiger partial charge is 0.318 e. The molecule has 0 aliphatic heterocycles. The lowest BCUT2D eigenvalue weighted by Crippen LogP contribution is -2.51. The van der Waals surface area contributed by atoms with Crippen LogP contribution in [0.1, 0.15) is 41.0 Å². The zero-order valence-electron chi connectivity index (χ0n) is 10.9. The van der Waals surface area contributed by atoms with Gasteiger partial charge in [-0.25, -0.2) is 4.79 Å². The maximum Gasteiger partial charge on any atom is 0.318 e. The van der Waals surface area contributed by atoms with Crippen LogP contribution in [-0.4, -0.2) is 34.9 Å². The van der Waals surface area contributed by atoms with Gasteiger partial charge in [0.1, 0.15) is 0 Å². The van der Waals surface area contributed by atoms with Crippen LogP contribution < -0.4 is 11.1 Å². The molecule has 0 aliphatic rings. The molecule has 0 unspecified atom stereocenters. The summed E-state index contributed by atoms with van der Waals surface area (Å²) in [6.45, 7) is 10.2. The number of urea groups is 1. The molecule has 0 aromatic carbocycles. The molecule has 0 aliphatic carbocycles. The second-order valence-electron chi connectivity index (χ2n) is 5.24. The molecular weight excluding hydrogens is 204 g/mol. The predicted octanol–water partition coefficient (Wildman–Crippen LogP) is 1.53. The Bertz CT molecular complexity index is 255. The fourth-order valence-corrected chi connectivity index (χ4v) is 1.23. The minimum atomic E-state index is -0.250. The second kappa shape index (κ2) is 5.72. The topological polar surface area (TPSA) is 82.2 Å². The fraction of sp³-hybridized carbons (Fsp3) is 0.818. The molecule has 5 nitrogen and oxygen atoms in total. The van der Waals surface area contributed by atoms with Gasteiger partial charge in [-0.3, -0.25) is 5.41 Å². The van der Waals surface area contributed by atoms with Gasteiger partial charge in [-0.15, -0.1) is 0 Å². The van der Waals surface area contributed by atoms with Crippen LogP contribution >= 0.6 is 0 Å². The molecule has 0 saturated carbocycles. The standard InChI is InChI=1S/C11H24N4O/c1-8(2)15(7-6-9(12)13)10(16)14-11(3,4)5/h8H,6-7H2,1-5H3,(H3,12,13)(H,14,16). The maximum absolute atomic E-state index is 11.9. The maximum atomic E-state index is 11.9. The van der Waals surface area contributed by atoms with Crippen LogP contribution in [0.2, 0.25) is 0 Å². The van der Waals surface area contributed by atoms with Gasteiger partial charge in [0.2, 0.25) is 0 Å². The van der Waals surface area contributed by atoms with Crippen molar-refractivity contribution in [1.82, 2.24) is 10.2 Å². The van der Waals surface area contributed by atoms with Crippen LogP contribution in [-0.2, 0) is 0 Å². The number of nitrogens with one attached hydrogen (secondary N) is 2. The van der Waals surface area contributed by atoms with E-state index in [4.69, 9.17) is 11.1 Å². The number of carbonyl (C=O) groups is 1. The van der Waals surface area contributed by atoms with Crippen molar-refractivity contribution in [2.75, 3.05) is 6.54 Å². The first-order chi connectivity index (χ1) is 7.13. The van der Waals surface area contributed by atoms with Gasteiger partial charge in [-0.05, 0) is 34.6 Å². The molecule has 16 heavy (non-hydrogen) atoms. The summed E-state index contributed by atoms with van der Waals surface area (Å²) in [6, 6.07) is -0.00884. The van der Waals surface area contributed by atoms with E-state index in [1.54, 1.807) is 4.90 Å². The van der Waals surface area contributed by atoms with Crippen molar-refractivity contribution in [2.24, 2.45) is 5.73 Å². The Morgan fingerprint density at radius 1 is 1.44 bits per heavy atom. The summed E-state index contributed by atoms with van der Waals surface area (Å²) in [7, 11) is 0. The van der Waals surface area contributed by atoms with Crippen LogP contribution in [0.15, 0.2) is 0 Å². The fourth-order valence-electron chi connectivity index (χ4n) is 1.23. The Balaban J connectivity index is 4.42. The van der Waals surface area contributed by atoms with Crippen molar-refractivity contribution < 1.29 is 4.79 Å². The second-order valence-corrected chi connectivity index (χ2v) is 5.24. The number of hydrogen-bond acceptors (Lipinski definition) is 2. The molecule has 0 saturated heterocycles. The van der Waals surface area contributed by atoms with E-state index in [9.17, 15) is 4.79 Å². The Kier molecular flexibility index (Phi) is 5.27. The van der Waals surface area contributed by atoms with Crippen LogP contribution in [0.5, 0.6) is 0 Å². The summed E-state index contributed by atoms with van der Waals surface area (Å²) in [6.07, 6.45) is 0.412. The average molecular weight is 228 g/mol. The van der Waals surface area contributed by atoms with Gasteiger partial charge >= 0.3 is 6.03 Å². The lowest BCUT2D eigenvalue weighted by Gasteiger charge is -2.31. The number of nitrogens with two attached hydrogens (primary N) is 1. The van der Waals surface area contributed by atoms with E-state index in [2.05, 4.69) is 5.32 Å². The van der Waals surface area contributed by atoms with Crippen LogP contribution in [0.25, 0.3) is 0 Å². The van der Waals surface area contributed by atoms with Crippen molar-refractivity contribution in [3.05, 3.63) is 0 Å². The first-order valence-electron chi connectivity index (χ1n) is 5.55. The lowest BCUT2D eigenvalue weighted by atomic mass is 10.1. The van der Waals surface area contributed by atoms with E-state index in [1.165, 1.54) is 0 Å². The Labute approximate surface area is 97.9 Å². The first-order valence-corrected chi connectivity index (χ1v) is 5.55. The molecule has 0 fully saturated rings. The minimum Gasteiger partial charge on any atom is -0.388 e. The minimum absolute atomic E-state index is 0.0988. The zero-order valence-corrected chi connectivity index (χ0v) is 10.9. The third-order valence-electron chi connectivity index (χ3n) is 1.99. The molecule has 0 rings (SSSR count). The molecule has 0 bridgehead atoms. The highest BCUT2D eigenvalue weighted by molar-refractivity contribution is 5.79. The monoisotopic (exact) mass is 228 g/mol. The number of carbonyl (C=O) groups excluding carboxylic acids is 1. The van der Waals surface area contributed by atoms with Crippen molar-refractivity contribution in [3.63, 3.8) is 0 Å². The summed E-state index contributed by atoms with van der Waals surface area (Å²) in [4.78, 5) is 13.6. The molecule has 4 N–H and O–H groups in total. The lowest BCUT2D eigenvalue weighted by molar-refractivity contribution is 0.176. The summed E-state index contributed by atoms with van der Waals surface area (Å²) in [5.74, 6) is 0.106. The molecule has 0 radical (unpaired) electrons. The Morgan fingerprint density at radius 3 is 2.25 bits per heavy atom. The highest BCUT2D eigenvalue weighted by atomic mass is 16.2. The number of rotatable bonds is 4. The van der Waals surface area contributed by atoms with E-state index in [1.807, 2.05) is 34.6 Å². The highest BCUT2D eigenvalue weighted by Crippen LogP contribution is 2.05. The third-order valence-corrected chi connectivity index (χ3v) is 1.99. The molecule has 5 heteroatoms. The third kappa shape index (κ3) is 6.27. The molecular formula is C11H24N4O. The average Bonchev–Trinajstić information content (AvgIpc) is 1.98. The number of amides is 2. The molecule has 0 spiro atoms. The van der Waals surface area contributed by atoms with Crippen LogP contribution in [0.3, 0.4) is 0 Å². The number of hydrogen-bond donors (Lipinski definition) is 3. The van der Waals surface area contributed by atoms with E-state index < -0.39 is 0 Å². The van der Waals surface area contributed by atoms with Gasteiger partial charge in [0, 0.05) is 24.5 Å². The summed E-state index contributed by atoms with van der Waals surface area (Å²) >= 11 is 0. The van der Waals surface area contributed by atoms with Crippen molar-refractivity contribution in [3.8, 4) is 0 Å². The quantitative estimate of drug-likeness (QED) is 0.504. The van der Waals surface area contributed by atoms with E-state index in [0.717, 1.165) is 0 Å². The van der Waals surface area contributed by atoms with Gasteiger partial charge in [0.15, 0.2) is 0 Å². The SMILES string of the molecule is CC(C)N(CCC(=N)N)C(=O)NC(C)(C)C. The summed E-state index contributed by atoms with van der Waals surface area (Å²) < 4.78 is 0. The largest absolute Gasteiger partial charge is 0.388 e. The zero-order chi connectivity index (χ0) is 12.9. The Hall–Kier alpha value is -1.26. The molecule has 94 valence electrons. The van der Waals surface area contributed by atoms with E-state index in [-0.39, 0.29) is 23.4 Å². The molecule has 0 aromatic heterocycles.